The smallest absolute Gasteiger partial charge is 0.264 e. The Hall–Kier alpha value is -2.53. The Morgan fingerprint density at radius 3 is 2.71 bits per heavy atom. The number of anilines is 1. The monoisotopic (exact) mass is 394 g/mol. The van der Waals surface area contributed by atoms with E-state index < -0.39 is 0 Å². The molecule has 5 heteroatoms. The van der Waals surface area contributed by atoms with E-state index in [-0.39, 0.29) is 11.8 Å². The number of rotatable bonds is 5. The second-order valence-electron chi connectivity index (χ2n) is 7.51. The van der Waals surface area contributed by atoms with Crippen LogP contribution in [-0.4, -0.2) is 25.4 Å². The summed E-state index contributed by atoms with van der Waals surface area (Å²) in [5.74, 6) is 0.384. The van der Waals surface area contributed by atoms with Gasteiger partial charge in [0.05, 0.1) is 10.6 Å². The summed E-state index contributed by atoms with van der Waals surface area (Å²) in [6.45, 7) is 6.95. The van der Waals surface area contributed by atoms with Crippen molar-refractivity contribution in [3.05, 3.63) is 64.1 Å². The molecule has 0 aromatic heterocycles. The number of fused-ring (bicyclic) bond motifs is 1. The van der Waals surface area contributed by atoms with Crippen molar-refractivity contribution in [3.8, 4) is 0 Å². The molecule has 0 spiro atoms. The number of hydrogen-bond acceptors (Lipinski definition) is 3. The van der Waals surface area contributed by atoms with Crippen molar-refractivity contribution in [2.45, 2.75) is 32.1 Å². The summed E-state index contributed by atoms with van der Waals surface area (Å²) in [6, 6.07) is 13.6. The van der Waals surface area contributed by atoms with Crippen molar-refractivity contribution in [2.75, 3.05) is 18.5 Å². The molecule has 4 nitrogen and oxygen atoms in total. The number of hydrogen-bond donors (Lipinski definition) is 1. The molecule has 2 amide bonds. The zero-order valence-corrected chi connectivity index (χ0v) is 17.6. The highest BCUT2D eigenvalue weighted by molar-refractivity contribution is 8.04. The highest BCUT2D eigenvalue weighted by atomic mass is 32.2. The number of nitrogens with zero attached hydrogens (tertiary/aromatic N) is 1. The van der Waals surface area contributed by atoms with E-state index in [1.54, 1.807) is 18.0 Å². The number of benzene rings is 2. The highest BCUT2D eigenvalue weighted by Gasteiger charge is 2.27. The topological polar surface area (TPSA) is 49.4 Å². The summed E-state index contributed by atoms with van der Waals surface area (Å²) >= 11 is 1.45. The fourth-order valence-corrected chi connectivity index (χ4v) is 4.12. The number of thioether (sulfide) groups is 1. The largest absolute Gasteiger partial charge is 0.352 e. The fraction of sp³-hybridized carbons (Fsp3) is 0.304. The molecule has 1 aliphatic rings. The lowest BCUT2D eigenvalue weighted by molar-refractivity contribution is -0.114. The molecule has 1 N–H and O–H groups in total. The number of aryl methyl sites for hydroxylation is 1. The molecule has 146 valence electrons. The number of carbonyl (C=O) groups is 2. The SMILES string of the molecule is Cc1cccc(C=C2Sc3ccc(C(=O)NCCC(C)C)cc3N(C)C2=O)c1. The Labute approximate surface area is 171 Å². The molecule has 2 aromatic rings. The predicted molar refractivity (Wildman–Crippen MR) is 117 cm³/mol. The molecule has 0 unspecified atom stereocenters. The summed E-state index contributed by atoms with van der Waals surface area (Å²) in [4.78, 5) is 28.5. The lowest BCUT2D eigenvalue weighted by atomic mass is 10.1. The molecule has 3 rings (SSSR count). The summed E-state index contributed by atoms with van der Waals surface area (Å²) in [7, 11) is 1.76. The van der Waals surface area contributed by atoms with Crippen molar-refractivity contribution < 1.29 is 9.59 Å². The van der Waals surface area contributed by atoms with Gasteiger partial charge in [0, 0.05) is 24.1 Å². The molecule has 0 radical (unpaired) electrons. The van der Waals surface area contributed by atoms with Crippen LogP contribution in [0, 0.1) is 12.8 Å². The average Bonchev–Trinajstić information content (AvgIpc) is 2.65. The zero-order valence-electron chi connectivity index (χ0n) is 16.8. The van der Waals surface area contributed by atoms with Gasteiger partial charge >= 0.3 is 0 Å². The second-order valence-corrected chi connectivity index (χ2v) is 8.59. The van der Waals surface area contributed by atoms with Crippen LogP contribution in [-0.2, 0) is 4.79 Å². The van der Waals surface area contributed by atoms with E-state index in [2.05, 4.69) is 25.2 Å². The van der Waals surface area contributed by atoms with Crippen LogP contribution < -0.4 is 10.2 Å². The van der Waals surface area contributed by atoms with E-state index in [0.29, 0.717) is 22.9 Å². The van der Waals surface area contributed by atoms with Gasteiger partial charge in [0.2, 0.25) is 0 Å². The molecule has 1 aliphatic heterocycles. The third-order valence-corrected chi connectivity index (χ3v) is 5.74. The lowest BCUT2D eigenvalue weighted by Crippen LogP contribution is -2.31. The Morgan fingerprint density at radius 1 is 1.21 bits per heavy atom. The lowest BCUT2D eigenvalue weighted by Gasteiger charge is -2.27. The van der Waals surface area contributed by atoms with Gasteiger partial charge in [-0.1, -0.05) is 55.4 Å². The molecule has 2 aromatic carbocycles. The van der Waals surface area contributed by atoms with E-state index >= 15 is 0 Å². The van der Waals surface area contributed by atoms with Crippen molar-refractivity contribution in [1.82, 2.24) is 5.32 Å². The maximum Gasteiger partial charge on any atom is 0.264 e. The van der Waals surface area contributed by atoms with Crippen LogP contribution in [0.2, 0.25) is 0 Å². The number of likely N-dealkylation sites (N-methyl/N-ethyl adjacent to an activating group) is 1. The second kappa shape index (κ2) is 8.65. The molecule has 0 bridgehead atoms. The van der Waals surface area contributed by atoms with Gasteiger partial charge in [0.25, 0.3) is 11.8 Å². The predicted octanol–water partition coefficient (Wildman–Crippen LogP) is 4.88. The van der Waals surface area contributed by atoms with Crippen LogP contribution >= 0.6 is 11.8 Å². The number of carbonyl (C=O) groups excluding carboxylic acids is 2. The third-order valence-electron chi connectivity index (χ3n) is 4.66. The van der Waals surface area contributed by atoms with Gasteiger partial charge in [-0.3, -0.25) is 9.59 Å². The number of amides is 2. The van der Waals surface area contributed by atoms with Gasteiger partial charge in [0.15, 0.2) is 0 Å². The molecular formula is C23H26N2O2S. The first-order valence-corrected chi connectivity index (χ1v) is 10.3. The standard InChI is InChI=1S/C23H26N2O2S/c1-15(2)10-11-24-22(26)18-8-9-20-19(14-18)25(4)23(27)21(28-20)13-17-7-5-6-16(3)12-17/h5-9,12-15H,10-11H2,1-4H3,(H,24,26). The summed E-state index contributed by atoms with van der Waals surface area (Å²) in [5, 5.41) is 2.95. The Kier molecular flexibility index (Phi) is 6.25. The summed E-state index contributed by atoms with van der Waals surface area (Å²) in [6.07, 6.45) is 2.87. The fourth-order valence-electron chi connectivity index (χ4n) is 3.02. The van der Waals surface area contributed by atoms with Gasteiger partial charge in [-0.2, -0.15) is 0 Å². The van der Waals surface area contributed by atoms with Crippen molar-refractivity contribution in [2.24, 2.45) is 5.92 Å². The first kappa shape index (κ1) is 20.2. The molecule has 0 aliphatic carbocycles. The molecular weight excluding hydrogens is 368 g/mol. The van der Waals surface area contributed by atoms with Gasteiger partial charge in [-0.05, 0) is 49.1 Å². The van der Waals surface area contributed by atoms with E-state index in [0.717, 1.165) is 28.1 Å². The van der Waals surface area contributed by atoms with Gasteiger partial charge < -0.3 is 10.2 Å². The Morgan fingerprint density at radius 2 is 2.00 bits per heavy atom. The van der Waals surface area contributed by atoms with Crippen LogP contribution in [0.5, 0.6) is 0 Å². The summed E-state index contributed by atoms with van der Waals surface area (Å²) < 4.78 is 0. The van der Waals surface area contributed by atoms with Crippen LogP contribution in [0.25, 0.3) is 6.08 Å². The van der Waals surface area contributed by atoms with Crippen molar-refractivity contribution in [1.29, 1.82) is 0 Å². The highest BCUT2D eigenvalue weighted by Crippen LogP contribution is 2.42. The number of nitrogens with one attached hydrogen (secondary N) is 1. The Balaban J connectivity index is 1.82. The Bertz CT molecular complexity index is 934. The minimum Gasteiger partial charge on any atom is -0.352 e. The third kappa shape index (κ3) is 4.65. The first-order chi connectivity index (χ1) is 13.3. The minimum absolute atomic E-state index is 0.0589. The van der Waals surface area contributed by atoms with E-state index in [9.17, 15) is 9.59 Å². The van der Waals surface area contributed by atoms with E-state index in [1.165, 1.54) is 11.8 Å². The molecule has 0 saturated heterocycles. The first-order valence-electron chi connectivity index (χ1n) is 9.51. The van der Waals surface area contributed by atoms with Crippen molar-refractivity contribution in [3.63, 3.8) is 0 Å². The molecule has 0 fully saturated rings. The maximum atomic E-state index is 12.8. The van der Waals surface area contributed by atoms with Gasteiger partial charge in [0.1, 0.15) is 0 Å². The maximum absolute atomic E-state index is 12.8. The normalized spacial score (nSPS) is 15.1. The average molecular weight is 395 g/mol. The molecule has 1 heterocycles. The quantitative estimate of drug-likeness (QED) is 0.735. The summed E-state index contributed by atoms with van der Waals surface area (Å²) in [5.41, 5.74) is 3.51. The molecule has 0 saturated carbocycles. The van der Waals surface area contributed by atoms with Crippen LogP contribution in [0.4, 0.5) is 5.69 Å². The van der Waals surface area contributed by atoms with E-state index in [4.69, 9.17) is 0 Å². The van der Waals surface area contributed by atoms with Gasteiger partial charge in [-0.15, -0.1) is 0 Å². The van der Waals surface area contributed by atoms with Crippen molar-refractivity contribution >= 4 is 35.3 Å². The van der Waals surface area contributed by atoms with Crippen LogP contribution in [0.1, 0.15) is 41.8 Å². The molecule has 0 atom stereocenters. The zero-order chi connectivity index (χ0) is 20.3. The minimum atomic E-state index is -0.101. The molecule has 28 heavy (non-hydrogen) atoms. The van der Waals surface area contributed by atoms with Gasteiger partial charge in [-0.25, -0.2) is 0 Å². The van der Waals surface area contributed by atoms with E-state index in [1.807, 2.05) is 43.3 Å². The van der Waals surface area contributed by atoms with Crippen LogP contribution in [0.3, 0.4) is 0 Å². The van der Waals surface area contributed by atoms with Crippen LogP contribution in [0.15, 0.2) is 52.3 Å².